The molecule has 1 amide bonds. The average molecular weight is 388 g/mol. The zero-order valence-electron chi connectivity index (χ0n) is 15.7. The molecule has 4 rings (SSSR count). The van der Waals surface area contributed by atoms with Gasteiger partial charge in [-0.15, -0.1) is 10.2 Å². The second kappa shape index (κ2) is 7.86. The predicted molar refractivity (Wildman–Crippen MR) is 114 cm³/mol. The van der Waals surface area contributed by atoms with Gasteiger partial charge >= 0.3 is 0 Å². The maximum Gasteiger partial charge on any atom is 0.237 e. The van der Waals surface area contributed by atoms with E-state index in [4.69, 9.17) is 0 Å². The van der Waals surface area contributed by atoms with Crippen LogP contribution in [-0.4, -0.2) is 25.9 Å². The molecule has 5 nitrogen and oxygen atoms in total. The van der Waals surface area contributed by atoms with Crippen LogP contribution in [0.3, 0.4) is 0 Å². The lowest BCUT2D eigenvalue weighted by atomic mass is 10.1. The van der Waals surface area contributed by atoms with Crippen molar-refractivity contribution >= 4 is 34.1 Å². The molecule has 140 valence electrons. The number of nitrogens with zero attached hydrogens (tertiary/aromatic N) is 3. The maximum absolute atomic E-state index is 12.8. The molecule has 0 aliphatic carbocycles. The van der Waals surface area contributed by atoms with Crippen molar-refractivity contribution in [1.82, 2.24) is 14.8 Å². The van der Waals surface area contributed by atoms with Crippen LogP contribution in [0, 0.1) is 6.92 Å². The van der Waals surface area contributed by atoms with Gasteiger partial charge in [0.1, 0.15) is 6.33 Å². The van der Waals surface area contributed by atoms with Crippen molar-refractivity contribution in [2.45, 2.75) is 24.3 Å². The Morgan fingerprint density at radius 1 is 1.04 bits per heavy atom. The molecule has 28 heavy (non-hydrogen) atoms. The van der Waals surface area contributed by atoms with Gasteiger partial charge in [0.25, 0.3) is 0 Å². The molecule has 0 saturated heterocycles. The summed E-state index contributed by atoms with van der Waals surface area (Å²) in [5, 5.41) is 13.8. The van der Waals surface area contributed by atoms with Crippen molar-refractivity contribution in [3.63, 3.8) is 0 Å². The van der Waals surface area contributed by atoms with Crippen molar-refractivity contribution < 1.29 is 4.79 Å². The molecule has 1 atom stereocenters. The Hall–Kier alpha value is -3.12. The summed E-state index contributed by atoms with van der Waals surface area (Å²) in [5.74, 6) is -0.0688. The van der Waals surface area contributed by atoms with E-state index < -0.39 is 0 Å². The van der Waals surface area contributed by atoms with Crippen molar-refractivity contribution in [3.8, 4) is 5.69 Å². The van der Waals surface area contributed by atoms with Crippen LogP contribution in [-0.2, 0) is 4.79 Å². The number of carbonyl (C=O) groups is 1. The zero-order valence-corrected chi connectivity index (χ0v) is 16.5. The third kappa shape index (κ3) is 3.64. The van der Waals surface area contributed by atoms with Crippen LogP contribution in [0.15, 0.2) is 78.2 Å². The molecule has 4 aromatic rings. The first kappa shape index (κ1) is 18.3. The van der Waals surface area contributed by atoms with Gasteiger partial charge in [-0.25, -0.2) is 0 Å². The van der Waals surface area contributed by atoms with Crippen LogP contribution < -0.4 is 5.32 Å². The number of anilines is 1. The summed E-state index contributed by atoms with van der Waals surface area (Å²) in [6.45, 7) is 3.92. The molecule has 0 saturated carbocycles. The molecule has 1 unspecified atom stereocenters. The fraction of sp³-hybridized carbons (Fsp3) is 0.136. The number of nitrogens with one attached hydrogen (secondary N) is 1. The minimum Gasteiger partial charge on any atom is -0.325 e. The molecule has 1 aromatic heterocycles. The van der Waals surface area contributed by atoms with E-state index in [1.807, 2.05) is 85.1 Å². The summed E-state index contributed by atoms with van der Waals surface area (Å²) in [6, 6.07) is 22.0. The third-order valence-corrected chi connectivity index (χ3v) is 5.65. The Kier molecular flexibility index (Phi) is 5.12. The summed E-state index contributed by atoms with van der Waals surface area (Å²) in [4.78, 5) is 12.8. The maximum atomic E-state index is 12.8. The number of para-hydroxylation sites is 1. The molecule has 0 fully saturated rings. The van der Waals surface area contributed by atoms with Gasteiger partial charge in [0.15, 0.2) is 5.16 Å². The summed E-state index contributed by atoms with van der Waals surface area (Å²) in [5.41, 5.74) is 2.95. The van der Waals surface area contributed by atoms with Crippen molar-refractivity contribution in [2.75, 3.05) is 5.32 Å². The number of hydrogen-bond acceptors (Lipinski definition) is 4. The number of benzene rings is 3. The first-order chi connectivity index (χ1) is 13.6. The molecule has 0 spiro atoms. The number of thioether (sulfide) groups is 1. The molecule has 1 N–H and O–H groups in total. The summed E-state index contributed by atoms with van der Waals surface area (Å²) in [7, 11) is 0. The average Bonchev–Trinajstić information content (AvgIpc) is 3.16. The summed E-state index contributed by atoms with van der Waals surface area (Å²) < 4.78 is 1.92. The van der Waals surface area contributed by atoms with E-state index in [0.717, 1.165) is 27.7 Å². The van der Waals surface area contributed by atoms with E-state index in [0.29, 0.717) is 5.16 Å². The molecule has 1 heterocycles. The van der Waals surface area contributed by atoms with Gasteiger partial charge in [0.05, 0.1) is 10.9 Å². The number of fused-ring (bicyclic) bond motifs is 1. The van der Waals surface area contributed by atoms with E-state index in [9.17, 15) is 4.79 Å². The second-order valence-electron chi connectivity index (χ2n) is 6.55. The van der Waals surface area contributed by atoms with Gasteiger partial charge in [-0.3, -0.25) is 9.36 Å². The van der Waals surface area contributed by atoms with Gasteiger partial charge < -0.3 is 5.32 Å². The lowest BCUT2D eigenvalue weighted by Crippen LogP contribution is -2.23. The minimum atomic E-state index is -0.328. The van der Waals surface area contributed by atoms with Gasteiger partial charge in [-0.05, 0) is 36.9 Å². The van der Waals surface area contributed by atoms with E-state index in [-0.39, 0.29) is 11.2 Å². The molecule has 0 aliphatic rings. The minimum absolute atomic E-state index is 0.0688. The number of hydrogen-bond donors (Lipinski definition) is 1. The van der Waals surface area contributed by atoms with Crippen molar-refractivity contribution in [1.29, 1.82) is 0 Å². The first-order valence-corrected chi connectivity index (χ1v) is 9.93. The van der Waals surface area contributed by atoms with Crippen LogP contribution in [0.25, 0.3) is 16.5 Å². The SMILES string of the molecule is Cc1ccccc1-n1cnnc1SC(C)C(=O)Nc1cccc2ccccc12. The van der Waals surface area contributed by atoms with Gasteiger partial charge in [0, 0.05) is 11.1 Å². The van der Waals surface area contributed by atoms with E-state index in [1.165, 1.54) is 11.8 Å². The Morgan fingerprint density at radius 2 is 1.79 bits per heavy atom. The highest BCUT2D eigenvalue weighted by Crippen LogP contribution is 2.27. The number of carbonyl (C=O) groups excluding carboxylic acids is 1. The number of rotatable bonds is 5. The normalized spacial score (nSPS) is 12.1. The van der Waals surface area contributed by atoms with Gasteiger partial charge in [-0.1, -0.05) is 66.4 Å². The molecule has 0 bridgehead atoms. The molecule has 3 aromatic carbocycles. The summed E-state index contributed by atoms with van der Waals surface area (Å²) >= 11 is 1.39. The van der Waals surface area contributed by atoms with Gasteiger partial charge in [0.2, 0.25) is 5.91 Å². The Balaban J connectivity index is 1.53. The lowest BCUT2D eigenvalue weighted by Gasteiger charge is -2.14. The highest BCUT2D eigenvalue weighted by Gasteiger charge is 2.19. The second-order valence-corrected chi connectivity index (χ2v) is 7.85. The fourth-order valence-electron chi connectivity index (χ4n) is 3.08. The Bertz CT molecular complexity index is 1130. The fourth-order valence-corrected chi connectivity index (χ4v) is 3.92. The van der Waals surface area contributed by atoms with Crippen LogP contribution in [0.5, 0.6) is 0 Å². The lowest BCUT2D eigenvalue weighted by molar-refractivity contribution is -0.115. The highest BCUT2D eigenvalue weighted by molar-refractivity contribution is 8.00. The van der Waals surface area contributed by atoms with Crippen LogP contribution >= 0.6 is 11.8 Å². The molecule has 0 radical (unpaired) electrons. The Labute approximate surface area is 167 Å². The van der Waals surface area contributed by atoms with Crippen molar-refractivity contribution in [2.24, 2.45) is 0 Å². The van der Waals surface area contributed by atoms with E-state index in [1.54, 1.807) is 6.33 Å². The molecular formula is C22H20N4OS. The smallest absolute Gasteiger partial charge is 0.237 e. The zero-order chi connectivity index (χ0) is 19.5. The quantitative estimate of drug-likeness (QED) is 0.497. The standard InChI is InChI=1S/C22H20N4OS/c1-15-8-3-6-13-20(15)26-14-23-25-22(26)28-16(2)21(27)24-19-12-7-10-17-9-4-5-11-18(17)19/h3-14,16H,1-2H3,(H,24,27). The van der Waals surface area contributed by atoms with E-state index >= 15 is 0 Å². The first-order valence-electron chi connectivity index (χ1n) is 9.05. The third-order valence-electron chi connectivity index (χ3n) is 4.59. The topological polar surface area (TPSA) is 59.8 Å². The largest absolute Gasteiger partial charge is 0.325 e. The Morgan fingerprint density at radius 3 is 2.64 bits per heavy atom. The molecule has 6 heteroatoms. The van der Waals surface area contributed by atoms with Crippen LogP contribution in [0.4, 0.5) is 5.69 Å². The molecular weight excluding hydrogens is 368 g/mol. The predicted octanol–water partition coefficient (Wildman–Crippen LogP) is 4.85. The number of aryl methyl sites for hydroxylation is 1. The van der Waals surface area contributed by atoms with Gasteiger partial charge in [-0.2, -0.15) is 0 Å². The van der Waals surface area contributed by atoms with Crippen LogP contribution in [0.1, 0.15) is 12.5 Å². The van der Waals surface area contributed by atoms with Crippen LogP contribution in [0.2, 0.25) is 0 Å². The monoisotopic (exact) mass is 388 g/mol. The van der Waals surface area contributed by atoms with Crippen molar-refractivity contribution in [3.05, 3.63) is 78.6 Å². The number of amides is 1. The summed E-state index contributed by atoms with van der Waals surface area (Å²) in [6.07, 6.45) is 1.68. The van der Waals surface area contributed by atoms with E-state index in [2.05, 4.69) is 15.5 Å². The molecule has 0 aliphatic heterocycles. The highest BCUT2D eigenvalue weighted by atomic mass is 32.2. The number of aromatic nitrogens is 3.